The molecule has 0 unspecified atom stereocenters. The molecule has 0 fully saturated rings. The van der Waals surface area contributed by atoms with Crippen molar-refractivity contribution < 1.29 is 9.53 Å². The lowest BCUT2D eigenvalue weighted by Crippen LogP contribution is -2.23. The van der Waals surface area contributed by atoms with Crippen molar-refractivity contribution in [2.45, 2.75) is 6.42 Å². The Morgan fingerprint density at radius 2 is 1.82 bits per heavy atom. The fourth-order valence-corrected chi connectivity index (χ4v) is 3.18. The van der Waals surface area contributed by atoms with Crippen molar-refractivity contribution >= 4 is 11.6 Å². The standard InChI is InChI=1S/C23H26N8O2/c1-29(2)10-11-33-18-14-24-22(25-15-18)17-7-5-6-16(12-17)13-21-27-26-20-9-8-19(28-31(20)21)23(32)30(3)4/h5-9,12,14-15H,10-11,13H2,1-4H3. The Labute approximate surface area is 191 Å². The fourth-order valence-electron chi connectivity index (χ4n) is 3.18. The van der Waals surface area contributed by atoms with Crippen LogP contribution in [0.5, 0.6) is 5.75 Å². The van der Waals surface area contributed by atoms with E-state index in [0.717, 1.165) is 17.7 Å². The van der Waals surface area contributed by atoms with Gasteiger partial charge in [0.25, 0.3) is 5.91 Å². The number of carbonyl (C=O) groups is 1. The SMILES string of the molecule is CN(C)CCOc1cnc(-c2cccc(Cc3nnc4ccc(C(=O)N(C)C)nn34)c2)nc1. The Morgan fingerprint density at radius 1 is 1.03 bits per heavy atom. The Bertz CT molecular complexity index is 1250. The molecule has 1 amide bonds. The quantitative estimate of drug-likeness (QED) is 0.404. The third-order valence-corrected chi connectivity index (χ3v) is 4.94. The molecule has 0 N–H and O–H groups in total. The first-order valence-electron chi connectivity index (χ1n) is 10.5. The van der Waals surface area contributed by atoms with Crippen molar-refractivity contribution in [3.8, 4) is 17.1 Å². The van der Waals surface area contributed by atoms with Crippen LogP contribution in [0.4, 0.5) is 0 Å². The maximum atomic E-state index is 12.3. The lowest BCUT2D eigenvalue weighted by atomic mass is 10.1. The van der Waals surface area contributed by atoms with E-state index in [1.165, 1.54) is 4.90 Å². The summed E-state index contributed by atoms with van der Waals surface area (Å²) in [6.45, 7) is 1.40. The minimum atomic E-state index is -0.176. The molecule has 4 rings (SSSR count). The molecule has 0 aliphatic carbocycles. The van der Waals surface area contributed by atoms with Crippen LogP contribution in [0.3, 0.4) is 0 Å². The molecule has 0 atom stereocenters. The molecular weight excluding hydrogens is 420 g/mol. The van der Waals surface area contributed by atoms with Crippen molar-refractivity contribution in [2.24, 2.45) is 0 Å². The van der Waals surface area contributed by atoms with E-state index >= 15 is 0 Å². The monoisotopic (exact) mass is 446 g/mol. The van der Waals surface area contributed by atoms with E-state index in [1.807, 2.05) is 38.4 Å². The predicted octanol–water partition coefficient (Wildman–Crippen LogP) is 1.81. The molecule has 1 aromatic carbocycles. The lowest BCUT2D eigenvalue weighted by molar-refractivity contribution is 0.0820. The van der Waals surface area contributed by atoms with Gasteiger partial charge in [-0.05, 0) is 37.9 Å². The molecule has 3 aromatic heterocycles. The highest BCUT2D eigenvalue weighted by atomic mass is 16.5. The van der Waals surface area contributed by atoms with Gasteiger partial charge in [0.1, 0.15) is 12.3 Å². The number of amides is 1. The zero-order chi connectivity index (χ0) is 23.4. The predicted molar refractivity (Wildman–Crippen MR) is 123 cm³/mol. The number of ether oxygens (including phenoxy) is 1. The largest absolute Gasteiger partial charge is 0.489 e. The van der Waals surface area contributed by atoms with E-state index in [1.54, 1.807) is 43.1 Å². The number of hydrogen-bond donors (Lipinski definition) is 0. The number of nitrogens with zero attached hydrogens (tertiary/aromatic N) is 8. The van der Waals surface area contributed by atoms with Crippen molar-refractivity contribution in [1.29, 1.82) is 0 Å². The molecule has 0 saturated carbocycles. The number of fused-ring (bicyclic) bond motifs is 1. The van der Waals surface area contributed by atoms with Gasteiger partial charge in [-0.3, -0.25) is 4.79 Å². The number of hydrogen-bond acceptors (Lipinski definition) is 8. The van der Waals surface area contributed by atoms with Crippen LogP contribution in [0.15, 0.2) is 48.8 Å². The maximum absolute atomic E-state index is 12.3. The zero-order valence-corrected chi connectivity index (χ0v) is 19.1. The Kier molecular flexibility index (Phi) is 6.55. The number of benzene rings is 1. The molecule has 0 bridgehead atoms. The van der Waals surface area contributed by atoms with E-state index in [2.05, 4.69) is 30.2 Å². The number of likely N-dealkylation sites (N-methyl/N-ethyl adjacent to an activating group) is 1. The van der Waals surface area contributed by atoms with Gasteiger partial charge in [-0.1, -0.05) is 18.2 Å². The fraction of sp³-hybridized carbons (Fsp3) is 0.304. The van der Waals surface area contributed by atoms with Gasteiger partial charge in [0, 0.05) is 32.6 Å². The zero-order valence-electron chi connectivity index (χ0n) is 19.1. The molecule has 33 heavy (non-hydrogen) atoms. The van der Waals surface area contributed by atoms with Crippen LogP contribution in [-0.2, 0) is 6.42 Å². The van der Waals surface area contributed by atoms with Crippen LogP contribution < -0.4 is 4.74 Å². The summed E-state index contributed by atoms with van der Waals surface area (Å²) in [6, 6.07) is 11.3. The first-order valence-corrected chi connectivity index (χ1v) is 10.5. The van der Waals surface area contributed by atoms with Gasteiger partial charge in [-0.2, -0.15) is 9.61 Å². The summed E-state index contributed by atoms with van der Waals surface area (Å²) in [5, 5.41) is 12.9. The summed E-state index contributed by atoms with van der Waals surface area (Å²) in [7, 11) is 7.38. The van der Waals surface area contributed by atoms with Crippen LogP contribution >= 0.6 is 0 Å². The summed E-state index contributed by atoms with van der Waals surface area (Å²) in [5.41, 5.74) is 2.81. The highest BCUT2D eigenvalue weighted by Crippen LogP contribution is 2.20. The highest BCUT2D eigenvalue weighted by Gasteiger charge is 2.14. The Morgan fingerprint density at radius 3 is 2.55 bits per heavy atom. The van der Waals surface area contributed by atoms with Crippen LogP contribution in [0, 0.1) is 0 Å². The first kappa shape index (κ1) is 22.3. The third kappa shape index (κ3) is 5.29. The molecular formula is C23H26N8O2. The van der Waals surface area contributed by atoms with Gasteiger partial charge < -0.3 is 14.5 Å². The smallest absolute Gasteiger partial charge is 0.273 e. The lowest BCUT2D eigenvalue weighted by Gasteiger charge is -2.10. The van der Waals surface area contributed by atoms with Crippen molar-refractivity contribution in [3.63, 3.8) is 0 Å². The molecule has 0 aliphatic heterocycles. The molecule has 10 heteroatoms. The van der Waals surface area contributed by atoms with Gasteiger partial charge in [0.2, 0.25) is 0 Å². The third-order valence-electron chi connectivity index (χ3n) is 4.94. The number of rotatable bonds is 8. The minimum absolute atomic E-state index is 0.176. The van der Waals surface area contributed by atoms with Gasteiger partial charge in [0.05, 0.1) is 12.4 Å². The topological polar surface area (TPSA) is 102 Å². The van der Waals surface area contributed by atoms with Crippen molar-refractivity contribution in [1.82, 2.24) is 39.6 Å². The normalized spacial score (nSPS) is 11.2. The average molecular weight is 447 g/mol. The first-order chi connectivity index (χ1) is 15.9. The van der Waals surface area contributed by atoms with Crippen LogP contribution in [0.2, 0.25) is 0 Å². The molecule has 0 radical (unpaired) electrons. The molecule has 3 heterocycles. The number of carbonyl (C=O) groups excluding carboxylic acids is 1. The van der Waals surface area contributed by atoms with E-state index in [4.69, 9.17) is 4.74 Å². The highest BCUT2D eigenvalue weighted by molar-refractivity contribution is 5.91. The van der Waals surface area contributed by atoms with Crippen molar-refractivity contribution in [2.75, 3.05) is 41.3 Å². The second-order valence-corrected chi connectivity index (χ2v) is 8.08. The number of aromatic nitrogens is 6. The molecule has 4 aromatic rings. The van der Waals surface area contributed by atoms with Crippen LogP contribution in [0.1, 0.15) is 21.9 Å². The van der Waals surface area contributed by atoms with Crippen LogP contribution in [0.25, 0.3) is 17.0 Å². The van der Waals surface area contributed by atoms with Crippen LogP contribution in [-0.4, -0.2) is 86.8 Å². The summed E-state index contributed by atoms with van der Waals surface area (Å²) < 4.78 is 7.28. The van der Waals surface area contributed by atoms with Gasteiger partial charge in [-0.15, -0.1) is 10.2 Å². The minimum Gasteiger partial charge on any atom is -0.489 e. The Balaban J connectivity index is 1.52. The van der Waals surface area contributed by atoms with Gasteiger partial charge >= 0.3 is 0 Å². The van der Waals surface area contributed by atoms with E-state index < -0.39 is 0 Å². The average Bonchev–Trinajstić information content (AvgIpc) is 3.21. The second-order valence-electron chi connectivity index (χ2n) is 8.08. The molecule has 0 aliphatic rings. The second kappa shape index (κ2) is 9.70. The van der Waals surface area contributed by atoms with Gasteiger partial charge in [0.15, 0.2) is 23.0 Å². The van der Waals surface area contributed by atoms with E-state index in [-0.39, 0.29) is 5.91 Å². The van der Waals surface area contributed by atoms with E-state index in [0.29, 0.717) is 41.8 Å². The summed E-state index contributed by atoms with van der Waals surface area (Å²) >= 11 is 0. The van der Waals surface area contributed by atoms with E-state index in [9.17, 15) is 4.79 Å². The molecule has 0 spiro atoms. The maximum Gasteiger partial charge on any atom is 0.273 e. The summed E-state index contributed by atoms with van der Waals surface area (Å²) in [6.07, 6.45) is 3.86. The van der Waals surface area contributed by atoms with Gasteiger partial charge in [-0.25, -0.2) is 9.97 Å². The molecule has 10 nitrogen and oxygen atoms in total. The Hall–Kier alpha value is -3.92. The van der Waals surface area contributed by atoms with Crippen molar-refractivity contribution in [3.05, 3.63) is 65.9 Å². The molecule has 170 valence electrons. The summed E-state index contributed by atoms with van der Waals surface area (Å²) in [4.78, 5) is 24.7. The molecule has 0 saturated heterocycles. The summed E-state index contributed by atoms with van der Waals surface area (Å²) in [5.74, 6) is 1.71.